The second kappa shape index (κ2) is 7.06. The highest BCUT2D eigenvalue weighted by Gasteiger charge is 2.12. The normalized spacial score (nSPS) is 10.9. The first-order chi connectivity index (χ1) is 11.2. The molecule has 0 saturated carbocycles. The lowest BCUT2D eigenvalue weighted by atomic mass is 10.2. The van der Waals surface area contributed by atoms with Gasteiger partial charge in [0.2, 0.25) is 0 Å². The molecule has 1 aromatic heterocycles. The third-order valence-corrected chi connectivity index (χ3v) is 4.53. The Bertz CT molecular complexity index is 874. The fraction of sp³-hybridized carbons (Fsp3) is 0.125. The van der Waals surface area contributed by atoms with Crippen molar-refractivity contribution in [2.24, 2.45) is 0 Å². The summed E-state index contributed by atoms with van der Waals surface area (Å²) in [5, 5.41) is 6.84. The third kappa shape index (κ3) is 3.51. The Morgan fingerprint density at radius 1 is 1.00 bits per heavy atom. The van der Waals surface area contributed by atoms with E-state index >= 15 is 0 Å². The molecule has 0 aliphatic heterocycles. The lowest BCUT2D eigenvalue weighted by molar-refractivity contribution is 0.615. The van der Waals surface area contributed by atoms with Gasteiger partial charge in [-0.3, -0.25) is 9.67 Å². The minimum Gasteiger partial charge on any atom is -0.268 e. The monoisotopic (exact) mass is 349 g/mol. The predicted molar refractivity (Wildman–Crippen MR) is 90.1 cm³/mol. The van der Waals surface area contributed by atoms with Crippen LogP contribution in [-0.4, -0.2) is 14.8 Å². The van der Waals surface area contributed by atoms with Crippen LogP contribution in [0.1, 0.15) is 11.4 Å². The van der Waals surface area contributed by atoms with Crippen molar-refractivity contribution in [3.8, 4) is 5.69 Å². The summed E-state index contributed by atoms with van der Waals surface area (Å²) in [6.45, 7) is 0. The number of aromatic amines is 1. The van der Waals surface area contributed by atoms with Crippen LogP contribution in [-0.2, 0) is 11.5 Å². The van der Waals surface area contributed by atoms with Gasteiger partial charge < -0.3 is 0 Å². The van der Waals surface area contributed by atoms with Crippen LogP contribution in [0.25, 0.3) is 5.69 Å². The van der Waals surface area contributed by atoms with Crippen molar-refractivity contribution in [3.63, 3.8) is 0 Å². The SMILES string of the molecule is Fc1ccccc1CSCc1n[nH]c(=S)n1-c1ccccc1F. The van der Waals surface area contributed by atoms with Gasteiger partial charge in [0.15, 0.2) is 4.77 Å². The number of aromatic nitrogens is 3. The molecule has 0 aliphatic carbocycles. The van der Waals surface area contributed by atoms with E-state index < -0.39 is 0 Å². The van der Waals surface area contributed by atoms with Crippen molar-refractivity contribution in [1.29, 1.82) is 0 Å². The minimum absolute atomic E-state index is 0.229. The van der Waals surface area contributed by atoms with Crippen molar-refractivity contribution in [3.05, 3.63) is 76.3 Å². The number of nitrogens with one attached hydrogen (secondary N) is 1. The zero-order valence-corrected chi connectivity index (χ0v) is 13.6. The molecular formula is C16H13F2N3S2. The third-order valence-electron chi connectivity index (χ3n) is 3.28. The molecule has 0 fully saturated rings. The van der Waals surface area contributed by atoms with Crippen LogP contribution in [0.4, 0.5) is 8.78 Å². The summed E-state index contributed by atoms with van der Waals surface area (Å²) in [5.41, 5.74) is 0.983. The predicted octanol–water partition coefficient (Wildman–Crippen LogP) is 4.64. The molecule has 3 aromatic rings. The maximum atomic E-state index is 14.0. The van der Waals surface area contributed by atoms with Crippen molar-refractivity contribution in [2.45, 2.75) is 11.5 Å². The Morgan fingerprint density at radius 3 is 2.43 bits per heavy atom. The topological polar surface area (TPSA) is 33.6 Å². The Kier molecular flexibility index (Phi) is 4.88. The summed E-state index contributed by atoms with van der Waals surface area (Å²) < 4.78 is 29.5. The molecule has 0 spiro atoms. The van der Waals surface area contributed by atoms with Gasteiger partial charge in [-0.15, -0.1) is 11.8 Å². The highest BCUT2D eigenvalue weighted by atomic mass is 32.2. The van der Waals surface area contributed by atoms with Crippen molar-refractivity contribution < 1.29 is 8.78 Å². The van der Waals surface area contributed by atoms with Gasteiger partial charge in [0.05, 0.1) is 11.4 Å². The molecule has 23 heavy (non-hydrogen) atoms. The first-order valence-corrected chi connectivity index (χ1v) is 8.45. The smallest absolute Gasteiger partial charge is 0.199 e. The molecule has 3 nitrogen and oxygen atoms in total. The first kappa shape index (κ1) is 15.9. The Morgan fingerprint density at radius 2 is 1.70 bits per heavy atom. The fourth-order valence-corrected chi connectivity index (χ4v) is 3.36. The maximum absolute atomic E-state index is 14.0. The summed E-state index contributed by atoms with van der Waals surface area (Å²) in [7, 11) is 0. The fourth-order valence-electron chi connectivity index (χ4n) is 2.18. The Labute approximate surface area is 141 Å². The Balaban J connectivity index is 1.79. The number of thioether (sulfide) groups is 1. The molecule has 0 radical (unpaired) electrons. The molecule has 0 bridgehead atoms. The summed E-state index contributed by atoms with van der Waals surface area (Å²) >= 11 is 6.68. The molecule has 0 saturated heterocycles. The van der Waals surface area contributed by atoms with Gasteiger partial charge in [-0.25, -0.2) is 8.78 Å². The zero-order valence-electron chi connectivity index (χ0n) is 12.0. The number of benzene rings is 2. The maximum Gasteiger partial charge on any atom is 0.199 e. The van der Waals surface area contributed by atoms with Crippen molar-refractivity contribution in [2.75, 3.05) is 0 Å². The van der Waals surface area contributed by atoms with Gasteiger partial charge in [-0.1, -0.05) is 30.3 Å². The highest BCUT2D eigenvalue weighted by Crippen LogP contribution is 2.22. The minimum atomic E-state index is -0.370. The molecule has 2 aromatic carbocycles. The van der Waals surface area contributed by atoms with Crippen LogP contribution < -0.4 is 0 Å². The molecule has 0 unspecified atom stereocenters. The van der Waals surface area contributed by atoms with Crippen LogP contribution in [0.2, 0.25) is 0 Å². The van der Waals surface area contributed by atoms with Gasteiger partial charge in [0, 0.05) is 5.75 Å². The van der Waals surface area contributed by atoms with Gasteiger partial charge in [0.1, 0.15) is 17.5 Å². The number of nitrogens with zero attached hydrogens (tertiary/aromatic N) is 2. The van der Waals surface area contributed by atoms with Gasteiger partial charge in [0.25, 0.3) is 0 Å². The Hall–Kier alpha value is -1.99. The number of hydrogen-bond acceptors (Lipinski definition) is 3. The molecule has 118 valence electrons. The van der Waals surface area contributed by atoms with E-state index in [0.717, 1.165) is 0 Å². The highest BCUT2D eigenvalue weighted by molar-refractivity contribution is 7.97. The summed E-state index contributed by atoms with van der Waals surface area (Å²) in [4.78, 5) is 0. The molecule has 0 aliphatic rings. The van der Waals surface area contributed by atoms with Crippen LogP contribution in [0, 0.1) is 16.4 Å². The average Bonchev–Trinajstić information content (AvgIpc) is 2.91. The van der Waals surface area contributed by atoms with Crippen molar-refractivity contribution in [1.82, 2.24) is 14.8 Å². The van der Waals surface area contributed by atoms with E-state index in [1.165, 1.54) is 23.9 Å². The van der Waals surface area contributed by atoms with Crippen LogP contribution in [0.3, 0.4) is 0 Å². The van der Waals surface area contributed by atoms with E-state index in [2.05, 4.69) is 10.2 Å². The lowest BCUT2D eigenvalue weighted by Gasteiger charge is -2.08. The van der Waals surface area contributed by atoms with Crippen molar-refractivity contribution >= 4 is 24.0 Å². The van der Waals surface area contributed by atoms with E-state index in [1.807, 2.05) is 0 Å². The molecule has 0 amide bonds. The standard InChI is InChI=1S/C16H13F2N3S2/c17-12-6-2-1-5-11(12)9-23-10-15-19-20-16(22)21(15)14-8-4-3-7-13(14)18/h1-8H,9-10H2,(H,20,22). The average molecular weight is 349 g/mol. The van der Waals surface area contributed by atoms with E-state index in [-0.39, 0.29) is 11.6 Å². The number of halogens is 2. The summed E-state index contributed by atoms with van der Waals surface area (Å²) in [6, 6.07) is 13.0. The number of para-hydroxylation sites is 1. The second-order valence-electron chi connectivity index (χ2n) is 4.82. The van der Waals surface area contributed by atoms with Crippen LogP contribution >= 0.6 is 24.0 Å². The van der Waals surface area contributed by atoms with E-state index in [4.69, 9.17) is 12.2 Å². The van der Waals surface area contributed by atoms with Gasteiger partial charge in [-0.2, -0.15) is 5.10 Å². The molecule has 1 N–H and O–H groups in total. The zero-order chi connectivity index (χ0) is 16.2. The second-order valence-corrected chi connectivity index (χ2v) is 6.19. The van der Waals surface area contributed by atoms with E-state index in [1.54, 1.807) is 41.0 Å². The lowest BCUT2D eigenvalue weighted by Crippen LogP contribution is -2.03. The number of H-pyrrole nitrogens is 1. The molecule has 3 rings (SSSR count). The molecule has 7 heteroatoms. The van der Waals surface area contributed by atoms with Gasteiger partial charge >= 0.3 is 0 Å². The quantitative estimate of drug-likeness (QED) is 0.681. The molecular weight excluding hydrogens is 336 g/mol. The summed E-state index contributed by atoms with van der Waals surface area (Å²) in [6.07, 6.45) is 0. The van der Waals surface area contributed by atoms with E-state index in [0.29, 0.717) is 33.4 Å². The summed E-state index contributed by atoms with van der Waals surface area (Å²) in [5.74, 6) is 0.985. The van der Waals surface area contributed by atoms with Crippen LogP contribution in [0.5, 0.6) is 0 Å². The van der Waals surface area contributed by atoms with E-state index in [9.17, 15) is 8.78 Å². The molecule has 0 atom stereocenters. The first-order valence-electron chi connectivity index (χ1n) is 6.89. The van der Waals surface area contributed by atoms with Gasteiger partial charge in [-0.05, 0) is 36.0 Å². The van der Waals surface area contributed by atoms with Crippen LogP contribution in [0.15, 0.2) is 48.5 Å². The number of hydrogen-bond donors (Lipinski definition) is 1. The molecule has 1 heterocycles. The largest absolute Gasteiger partial charge is 0.268 e. The number of rotatable bonds is 5.